The van der Waals surface area contributed by atoms with E-state index in [0.717, 1.165) is 29.7 Å². The zero-order valence-electron chi connectivity index (χ0n) is 18.2. The van der Waals surface area contributed by atoms with Crippen LogP contribution in [0.15, 0.2) is 54.6 Å². The molecule has 0 aliphatic heterocycles. The average molecular weight is 421 g/mol. The van der Waals surface area contributed by atoms with Gasteiger partial charge in [-0.05, 0) is 31.9 Å². The quantitative estimate of drug-likeness (QED) is 0.579. The number of aromatic nitrogens is 2. The number of carbonyl (C=O) groups excluding carboxylic acids is 1. The van der Waals surface area contributed by atoms with Gasteiger partial charge in [0.05, 0.1) is 19.2 Å². The Morgan fingerprint density at radius 1 is 1.13 bits per heavy atom. The molecule has 1 fully saturated rings. The molecule has 3 aromatic rings. The predicted octanol–water partition coefficient (Wildman–Crippen LogP) is 4.58. The third-order valence-electron chi connectivity index (χ3n) is 5.32. The molecule has 0 radical (unpaired) electrons. The molecule has 0 bridgehead atoms. The van der Waals surface area contributed by atoms with Crippen molar-refractivity contribution in [2.24, 2.45) is 7.05 Å². The largest absolute Gasteiger partial charge is 0.493 e. The summed E-state index contributed by atoms with van der Waals surface area (Å²) in [7, 11) is 3.47. The van der Waals surface area contributed by atoms with Gasteiger partial charge in [-0.25, -0.2) is 9.48 Å². The van der Waals surface area contributed by atoms with Crippen molar-refractivity contribution in [3.63, 3.8) is 0 Å². The van der Waals surface area contributed by atoms with Gasteiger partial charge in [-0.1, -0.05) is 42.5 Å². The number of urea groups is 1. The van der Waals surface area contributed by atoms with Gasteiger partial charge in [0, 0.05) is 25.2 Å². The molecule has 2 amide bonds. The Kier molecular flexibility index (Phi) is 6.11. The van der Waals surface area contributed by atoms with Gasteiger partial charge >= 0.3 is 6.03 Å². The summed E-state index contributed by atoms with van der Waals surface area (Å²) in [4.78, 5) is 14.7. The summed E-state index contributed by atoms with van der Waals surface area (Å²) in [5.74, 6) is 1.84. The number of carbonyl (C=O) groups is 1. The van der Waals surface area contributed by atoms with Crippen LogP contribution in [0.4, 0.5) is 4.79 Å². The van der Waals surface area contributed by atoms with Gasteiger partial charge in [0.15, 0.2) is 11.5 Å². The van der Waals surface area contributed by atoms with Crippen molar-refractivity contribution in [2.45, 2.75) is 32.4 Å². The SMILES string of the molecule is CCNC(=O)N(Cc1c(-c2ccccc2)nn(C)c1Oc1ccccc1OC)C1CC1. The number of para-hydroxylation sites is 2. The highest BCUT2D eigenvalue weighted by molar-refractivity contribution is 5.76. The first kappa shape index (κ1) is 20.8. The maximum absolute atomic E-state index is 12.8. The van der Waals surface area contributed by atoms with E-state index in [-0.39, 0.29) is 12.1 Å². The lowest BCUT2D eigenvalue weighted by atomic mass is 10.1. The van der Waals surface area contributed by atoms with Crippen molar-refractivity contribution in [3.05, 3.63) is 60.2 Å². The van der Waals surface area contributed by atoms with Gasteiger partial charge in [0.1, 0.15) is 5.69 Å². The summed E-state index contributed by atoms with van der Waals surface area (Å²) in [6.45, 7) is 2.93. The molecule has 1 saturated carbocycles. The minimum absolute atomic E-state index is 0.0592. The third-order valence-corrected chi connectivity index (χ3v) is 5.32. The molecule has 1 aliphatic carbocycles. The number of aryl methyl sites for hydroxylation is 1. The summed E-state index contributed by atoms with van der Waals surface area (Å²) >= 11 is 0. The summed E-state index contributed by atoms with van der Waals surface area (Å²) in [5.41, 5.74) is 2.66. The molecule has 0 spiro atoms. The number of methoxy groups -OCH3 is 1. The number of ether oxygens (including phenoxy) is 2. The van der Waals surface area contributed by atoms with Gasteiger partial charge in [-0.3, -0.25) is 0 Å². The monoisotopic (exact) mass is 420 g/mol. The Morgan fingerprint density at radius 3 is 2.45 bits per heavy atom. The summed E-state index contributed by atoms with van der Waals surface area (Å²) in [6.07, 6.45) is 2.03. The average Bonchev–Trinajstić information content (AvgIpc) is 3.59. The molecule has 31 heavy (non-hydrogen) atoms. The topological polar surface area (TPSA) is 68.6 Å². The Hall–Kier alpha value is -3.48. The Labute approximate surface area is 182 Å². The van der Waals surface area contributed by atoms with E-state index in [1.54, 1.807) is 11.8 Å². The zero-order chi connectivity index (χ0) is 21.8. The van der Waals surface area contributed by atoms with Gasteiger partial charge in [-0.15, -0.1) is 0 Å². The number of hydrogen-bond acceptors (Lipinski definition) is 4. The second-order valence-corrected chi connectivity index (χ2v) is 7.57. The minimum atomic E-state index is -0.0592. The van der Waals surface area contributed by atoms with E-state index >= 15 is 0 Å². The number of hydrogen-bond donors (Lipinski definition) is 1. The van der Waals surface area contributed by atoms with E-state index in [9.17, 15) is 4.79 Å². The summed E-state index contributed by atoms with van der Waals surface area (Å²) < 4.78 is 13.5. The molecule has 0 unspecified atom stereocenters. The molecular weight excluding hydrogens is 392 g/mol. The molecule has 2 aromatic carbocycles. The molecule has 162 valence electrons. The van der Waals surface area contributed by atoms with Gasteiger partial charge in [0.2, 0.25) is 5.88 Å². The smallest absolute Gasteiger partial charge is 0.317 e. The number of amides is 2. The van der Waals surface area contributed by atoms with Crippen molar-refractivity contribution in [1.82, 2.24) is 20.0 Å². The molecule has 1 N–H and O–H groups in total. The highest BCUT2D eigenvalue weighted by atomic mass is 16.5. The van der Waals surface area contributed by atoms with Crippen LogP contribution in [0.1, 0.15) is 25.3 Å². The van der Waals surface area contributed by atoms with Gasteiger partial charge in [-0.2, -0.15) is 5.10 Å². The van der Waals surface area contributed by atoms with Crippen LogP contribution in [0, 0.1) is 0 Å². The molecule has 1 heterocycles. The Balaban J connectivity index is 1.77. The molecule has 1 aliphatic rings. The van der Waals surface area contributed by atoms with Crippen molar-refractivity contribution in [3.8, 4) is 28.6 Å². The van der Waals surface area contributed by atoms with Crippen LogP contribution in [0.3, 0.4) is 0 Å². The van der Waals surface area contributed by atoms with Crippen molar-refractivity contribution in [2.75, 3.05) is 13.7 Å². The van der Waals surface area contributed by atoms with Crippen LogP contribution in [-0.4, -0.2) is 40.4 Å². The number of rotatable bonds is 8. The summed E-state index contributed by atoms with van der Waals surface area (Å²) in [5, 5.41) is 7.70. The van der Waals surface area contributed by atoms with E-state index in [1.165, 1.54) is 0 Å². The van der Waals surface area contributed by atoms with Crippen LogP contribution in [0.2, 0.25) is 0 Å². The first-order chi connectivity index (χ1) is 15.1. The van der Waals surface area contributed by atoms with Crippen LogP contribution < -0.4 is 14.8 Å². The van der Waals surface area contributed by atoms with Crippen LogP contribution in [0.5, 0.6) is 17.4 Å². The minimum Gasteiger partial charge on any atom is -0.493 e. The highest BCUT2D eigenvalue weighted by Crippen LogP contribution is 2.39. The molecule has 0 atom stereocenters. The predicted molar refractivity (Wildman–Crippen MR) is 119 cm³/mol. The summed E-state index contributed by atoms with van der Waals surface area (Å²) in [6, 6.07) is 17.7. The fraction of sp³-hybridized carbons (Fsp3) is 0.333. The number of benzene rings is 2. The lowest BCUT2D eigenvalue weighted by Gasteiger charge is -2.23. The Morgan fingerprint density at radius 2 is 1.81 bits per heavy atom. The van der Waals surface area contributed by atoms with Crippen LogP contribution in [0.25, 0.3) is 11.3 Å². The third kappa shape index (κ3) is 4.50. The van der Waals surface area contributed by atoms with E-state index < -0.39 is 0 Å². The standard InChI is InChI=1S/C24H28N4O3/c1-4-25-24(29)28(18-14-15-18)16-19-22(17-10-6-5-7-11-17)26-27(2)23(19)31-21-13-9-8-12-20(21)30-3/h5-13,18H,4,14-16H2,1-3H3,(H,25,29). The highest BCUT2D eigenvalue weighted by Gasteiger charge is 2.35. The van der Waals surface area contributed by atoms with Crippen molar-refractivity contribution in [1.29, 1.82) is 0 Å². The number of nitrogens with zero attached hydrogens (tertiary/aromatic N) is 3. The first-order valence-electron chi connectivity index (χ1n) is 10.6. The van der Waals surface area contributed by atoms with Crippen LogP contribution >= 0.6 is 0 Å². The van der Waals surface area contributed by atoms with Gasteiger partial charge in [0.25, 0.3) is 0 Å². The van der Waals surface area contributed by atoms with E-state index in [2.05, 4.69) is 5.32 Å². The second-order valence-electron chi connectivity index (χ2n) is 7.57. The lowest BCUT2D eigenvalue weighted by Crippen LogP contribution is -2.40. The van der Waals surface area contributed by atoms with Gasteiger partial charge < -0.3 is 19.7 Å². The molecular formula is C24H28N4O3. The maximum atomic E-state index is 12.8. The molecule has 7 heteroatoms. The van der Waals surface area contributed by atoms with E-state index in [1.807, 2.05) is 73.5 Å². The molecule has 1 aromatic heterocycles. The fourth-order valence-electron chi connectivity index (χ4n) is 3.63. The number of nitrogens with one attached hydrogen (secondary N) is 1. The van der Waals surface area contributed by atoms with Crippen molar-refractivity contribution < 1.29 is 14.3 Å². The Bertz CT molecular complexity index is 1040. The van der Waals surface area contributed by atoms with E-state index in [4.69, 9.17) is 14.6 Å². The molecule has 0 saturated heterocycles. The lowest BCUT2D eigenvalue weighted by molar-refractivity contribution is 0.192. The molecule has 7 nitrogen and oxygen atoms in total. The van der Waals surface area contributed by atoms with Crippen LogP contribution in [-0.2, 0) is 13.6 Å². The normalized spacial score (nSPS) is 13.0. The first-order valence-corrected chi connectivity index (χ1v) is 10.6. The zero-order valence-corrected chi connectivity index (χ0v) is 18.2. The van der Waals surface area contributed by atoms with E-state index in [0.29, 0.717) is 30.5 Å². The fourth-order valence-corrected chi connectivity index (χ4v) is 3.63. The maximum Gasteiger partial charge on any atom is 0.317 e. The van der Waals surface area contributed by atoms with Crippen molar-refractivity contribution >= 4 is 6.03 Å². The molecule has 4 rings (SSSR count). The second kappa shape index (κ2) is 9.12.